The molecule has 0 aliphatic rings. The van der Waals surface area contributed by atoms with E-state index in [2.05, 4.69) is 14.7 Å². The first-order valence-corrected chi connectivity index (χ1v) is 11.8. The summed E-state index contributed by atoms with van der Waals surface area (Å²) in [5.74, 6) is 0.472. The number of rotatable bonds is 6. The van der Waals surface area contributed by atoms with Crippen LogP contribution in [0.3, 0.4) is 0 Å². The van der Waals surface area contributed by atoms with Crippen LogP contribution in [-0.4, -0.2) is 18.4 Å². The average molecular weight is 502 g/mol. The van der Waals surface area contributed by atoms with E-state index in [1.807, 2.05) is 6.07 Å². The highest BCUT2D eigenvalue weighted by atomic mass is 32.2. The van der Waals surface area contributed by atoms with Crippen LogP contribution in [0.5, 0.6) is 11.5 Å². The van der Waals surface area contributed by atoms with Crippen LogP contribution in [0.15, 0.2) is 77.3 Å². The molecule has 0 aliphatic carbocycles. The molecule has 0 spiro atoms. The molecule has 7 nitrogen and oxygen atoms in total. The van der Waals surface area contributed by atoms with Crippen LogP contribution in [0.25, 0.3) is 11.3 Å². The van der Waals surface area contributed by atoms with Crippen molar-refractivity contribution in [3.05, 3.63) is 83.5 Å². The number of benzene rings is 2. The van der Waals surface area contributed by atoms with Crippen molar-refractivity contribution in [3.63, 3.8) is 0 Å². The highest BCUT2D eigenvalue weighted by molar-refractivity contribution is 7.93. The van der Waals surface area contributed by atoms with E-state index in [0.717, 1.165) is 23.6 Å². The van der Waals surface area contributed by atoms with E-state index in [1.54, 1.807) is 29.6 Å². The molecular formula is C22H13F3N4O3S2. The van der Waals surface area contributed by atoms with Crippen LogP contribution in [0.4, 0.5) is 18.3 Å². The van der Waals surface area contributed by atoms with E-state index in [1.165, 1.54) is 30.5 Å². The minimum absolute atomic E-state index is 0.00417. The molecule has 2 aromatic heterocycles. The molecule has 34 heavy (non-hydrogen) atoms. The van der Waals surface area contributed by atoms with Crippen LogP contribution in [-0.2, 0) is 16.2 Å². The number of aromatic nitrogens is 2. The Labute approximate surface area is 196 Å². The van der Waals surface area contributed by atoms with Crippen LogP contribution in [0.1, 0.15) is 11.1 Å². The van der Waals surface area contributed by atoms with Gasteiger partial charge in [-0.05, 0) is 54.6 Å². The molecule has 2 aromatic carbocycles. The Morgan fingerprint density at radius 3 is 2.38 bits per heavy atom. The van der Waals surface area contributed by atoms with Gasteiger partial charge in [0, 0.05) is 23.3 Å². The molecule has 0 amide bonds. The Morgan fingerprint density at radius 1 is 1.03 bits per heavy atom. The maximum absolute atomic E-state index is 12.7. The van der Waals surface area contributed by atoms with Crippen LogP contribution in [0.2, 0.25) is 0 Å². The minimum atomic E-state index is -4.46. The van der Waals surface area contributed by atoms with Crippen molar-refractivity contribution in [1.29, 1.82) is 5.26 Å². The smallest absolute Gasteiger partial charge is 0.417 e. The maximum atomic E-state index is 12.7. The predicted molar refractivity (Wildman–Crippen MR) is 119 cm³/mol. The molecule has 4 aromatic rings. The zero-order chi connectivity index (χ0) is 24.3. The zero-order valence-electron chi connectivity index (χ0n) is 16.9. The van der Waals surface area contributed by atoms with Gasteiger partial charge >= 0.3 is 6.18 Å². The second-order valence-electron chi connectivity index (χ2n) is 6.77. The molecule has 0 saturated heterocycles. The molecule has 1 N–H and O–H groups in total. The quantitative estimate of drug-likeness (QED) is 0.363. The second-order valence-corrected chi connectivity index (χ2v) is 9.35. The van der Waals surface area contributed by atoms with E-state index in [9.17, 15) is 26.9 Å². The lowest BCUT2D eigenvalue weighted by atomic mass is 10.1. The van der Waals surface area contributed by atoms with Gasteiger partial charge in [-0.15, -0.1) is 11.3 Å². The Bertz CT molecular complexity index is 1450. The highest BCUT2D eigenvalue weighted by Crippen LogP contribution is 2.32. The number of pyridine rings is 1. The summed E-state index contributed by atoms with van der Waals surface area (Å²) in [4.78, 5) is 7.59. The number of hydrogen-bond donors (Lipinski definition) is 1. The molecule has 0 unspecified atom stereocenters. The number of thiazole rings is 1. The Hall–Kier alpha value is -3.95. The molecule has 0 bridgehead atoms. The molecular weight excluding hydrogens is 489 g/mol. The Balaban J connectivity index is 1.52. The fourth-order valence-corrected chi connectivity index (χ4v) is 4.67. The fraction of sp³-hybridized carbons (Fsp3) is 0.0455. The molecule has 4 rings (SSSR count). The van der Waals surface area contributed by atoms with Gasteiger partial charge in [0.2, 0.25) is 0 Å². The Kier molecular flexibility index (Phi) is 6.23. The van der Waals surface area contributed by atoms with Crippen molar-refractivity contribution in [2.75, 3.05) is 4.72 Å². The molecule has 2 heterocycles. The monoisotopic (exact) mass is 502 g/mol. The van der Waals surface area contributed by atoms with Crippen molar-refractivity contribution < 1.29 is 26.3 Å². The number of hydrogen-bond acceptors (Lipinski definition) is 7. The first-order valence-electron chi connectivity index (χ1n) is 9.44. The second kappa shape index (κ2) is 9.12. The van der Waals surface area contributed by atoms with E-state index in [4.69, 9.17) is 4.74 Å². The lowest BCUT2D eigenvalue weighted by Gasteiger charge is -2.11. The van der Waals surface area contributed by atoms with Gasteiger partial charge in [-0.2, -0.15) is 18.4 Å². The normalized spacial score (nSPS) is 11.6. The molecule has 0 saturated carbocycles. The van der Waals surface area contributed by atoms with Gasteiger partial charge in [-0.3, -0.25) is 9.71 Å². The summed E-state index contributed by atoms with van der Waals surface area (Å²) < 4.78 is 71.2. The lowest BCUT2D eigenvalue weighted by molar-refractivity contribution is -0.137. The van der Waals surface area contributed by atoms with Gasteiger partial charge in [-0.25, -0.2) is 13.4 Å². The molecule has 12 heteroatoms. The number of sulfonamides is 1. The average Bonchev–Trinajstić information content (AvgIpc) is 3.31. The van der Waals surface area contributed by atoms with Gasteiger partial charge in [0.15, 0.2) is 5.13 Å². The number of nitrogens with one attached hydrogen (secondary N) is 1. The zero-order valence-corrected chi connectivity index (χ0v) is 18.6. The van der Waals surface area contributed by atoms with E-state index >= 15 is 0 Å². The summed E-state index contributed by atoms with van der Waals surface area (Å²) >= 11 is 1.11. The molecule has 0 radical (unpaired) electrons. The van der Waals surface area contributed by atoms with E-state index in [-0.39, 0.29) is 21.3 Å². The van der Waals surface area contributed by atoms with Crippen molar-refractivity contribution >= 4 is 26.5 Å². The molecule has 0 fully saturated rings. The standard InChI is InChI=1S/C22H13F3N4O3S2/c23-22(24,25)16-3-7-19(28-13-16)14-1-4-17(5-2-14)32-20-8-6-18(11-15(20)12-26)34(30,31)29-21-27-9-10-33-21/h1-11,13H,(H,27,29). The third-order valence-electron chi connectivity index (χ3n) is 4.50. The third-order valence-corrected chi connectivity index (χ3v) is 6.66. The minimum Gasteiger partial charge on any atom is -0.456 e. The predicted octanol–water partition coefficient (Wildman–Crippen LogP) is 5.69. The summed E-state index contributed by atoms with van der Waals surface area (Å²) in [6.07, 6.45) is -2.25. The first-order chi connectivity index (χ1) is 16.2. The molecule has 0 aliphatic heterocycles. The first kappa shape index (κ1) is 23.2. The number of halogens is 3. The van der Waals surface area contributed by atoms with Gasteiger partial charge in [0.1, 0.15) is 17.6 Å². The van der Waals surface area contributed by atoms with Gasteiger partial charge in [-0.1, -0.05) is 0 Å². The SMILES string of the molecule is N#Cc1cc(S(=O)(=O)Nc2nccs2)ccc1Oc1ccc(-c2ccc(C(F)(F)F)cn2)cc1. The van der Waals surface area contributed by atoms with Gasteiger partial charge in [0.05, 0.1) is 21.7 Å². The number of nitrogens with zero attached hydrogens (tertiary/aromatic N) is 3. The fourth-order valence-electron chi connectivity index (χ4n) is 2.85. The number of ether oxygens (including phenoxy) is 1. The topological polar surface area (TPSA) is 105 Å². The van der Waals surface area contributed by atoms with Gasteiger partial charge < -0.3 is 4.74 Å². The van der Waals surface area contributed by atoms with Gasteiger partial charge in [0.25, 0.3) is 10.0 Å². The van der Waals surface area contributed by atoms with Crippen molar-refractivity contribution in [2.24, 2.45) is 0 Å². The summed E-state index contributed by atoms with van der Waals surface area (Å²) in [5.41, 5.74) is 0.0684. The van der Waals surface area contributed by atoms with Crippen molar-refractivity contribution in [1.82, 2.24) is 9.97 Å². The third kappa shape index (κ3) is 5.16. The van der Waals surface area contributed by atoms with Crippen molar-refractivity contribution in [2.45, 2.75) is 11.1 Å². The number of nitriles is 1. The molecule has 0 atom stereocenters. The maximum Gasteiger partial charge on any atom is 0.417 e. The summed E-state index contributed by atoms with van der Waals surface area (Å²) in [7, 11) is -3.94. The highest BCUT2D eigenvalue weighted by Gasteiger charge is 2.30. The lowest BCUT2D eigenvalue weighted by Crippen LogP contribution is -2.13. The number of alkyl halides is 3. The Morgan fingerprint density at radius 2 is 1.79 bits per heavy atom. The largest absolute Gasteiger partial charge is 0.456 e. The molecule has 172 valence electrons. The van der Waals surface area contributed by atoms with E-state index in [0.29, 0.717) is 17.0 Å². The van der Waals surface area contributed by atoms with Crippen LogP contribution in [0, 0.1) is 11.3 Å². The van der Waals surface area contributed by atoms with Crippen molar-refractivity contribution in [3.8, 4) is 28.8 Å². The number of anilines is 1. The van der Waals surface area contributed by atoms with E-state index < -0.39 is 21.8 Å². The summed E-state index contributed by atoms with van der Waals surface area (Å²) in [6, 6.07) is 14.3. The summed E-state index contributed by atoms with van der Waals surface area (Å²) in [5, 5.41) is 11.3. The van der Waals surface area contributed by atoms with Crippen LogP contribution < -0.4 is 9.46 Å². The van der Waals surface area contributed by atoms with Crippen LogP contribution >= 0.6 is 11.3 Å². The summed E-state index contributed by atoms with van der Waals surface area (Å²) in [6.45, 7) is 0.